The van der Waals surface area contributed by atoms with E-state index >= 15 is 0 Å². The van der Waals surface area contributed by atoms with Gasteiger partial charge in [0.1, 0.15) is 5.54 Å². The largest absolute Gasteiger partial charge is 0.326 e. The molecule has 2 N–H and O–H groups in total. The maximum Gasteiger partial charge on any atom is 0.325 e. The van der Waals surface area contributed by atoms with Gasteiger partial charge >= 0.3 is 6.03 Å². The highest BCUT2D eigenvalue weighted by Crippen LogP contribution is 2.42. The molecule has 1 aliphatic heterocycles. The first kappa shape index (κ1) is 21.2. The van der Waals surface area contributed by atoms with Gasteiger partial charge in [-0.05, 0) is 60.9 Å². The molecule has 162 valence electrons. The van der Waals surface area contributed by atoms with Crippen LogP contribution in [0.15, 0.2) is 35.7 Å². The zero-order chi connectivity index (χ0) is 22.2. The van der Waals surface area contributed by atoms with E-state index in [2.05, 4.69) is 10.6 Å². The van der Waals surface area contributed by atoms with Gasteiger partial charge in [0, 0.05) is 28.1 Å². The lowest BCUT2D eigenvalue weighted by Crippen LogP contribution is -2.46. The molecule has 2 heterocycles. The Kier molecular flexibility index (Phi) is 5.66. The number of aryl methyl sites for hydroxylation is 1. The number of thiophene rings is 1. The van der Waals surface area contributed by atoms with Gasteiger partial charge in [0.25, 0.3) is 5.91 Å². The summed E-state index contributed by atoms with van der Waals surface area (Å²) in [6.07, 6.45) is 2.67. The van der Waals surface area contributed by atoms with Crippen LogP contribution in [0.4, 0.5) is 10.5 Å². The van der Waals surface area contributed by atoms with E-state index in [4.69, 9.17) is 0 Å². The van der Waals surface area contributed by atoms with Gasteiger partial charge in [0.05, 0.1) is 6.54 Å². The molecule has 0 bridgehead atoms. The number of carbonyl (C=O) groups excluding carboxylic acids is 4. The van der Waals surface area contributed by atoms with Gasteiger partial charge in [0.2, 0.25) is 5.91 Å². The van der Waals surface area contributed by atoms with Crippen molar-refractivity contribution in [2.75, 3.05) is 11.9 Å². The van der Waals surface area contributed by atoms with Crippen LogP contribution < -0.4 is 10.6 Å². The van der Waals surface area contributed by atoms with E-state index in [0.717, 1.165) is 28.2 Å². The molecule has 31 heavy (non-hydrogen) atoms. The van der Waals surface area contributed by atoms with Crippen molar-refractivity contribution < 1.29 is 19.2 Å². The molecular weight excluding hydrogens is 414 g/mol. The average molecular weight is 440 g/mol. The van der Waals surface area contributed by atoms with Gasteiger partial charge < -0.3 is 10.6 Å². The number of carbonyl (C=O) groups is 4. The van der Waals surface area contributed by atoms with Crippen LogP contribution in [0.25, 0.3) is 0 Å². The number of anilines is 1. The molecule has 4 rings (SSSR count). The number of nitrogens with one attached hydrogen (secondary N) is 2. The topological polar surface area (TPSA) is 95.6 Å². The first-order chi connectivity index (χ1) is 14.8. The molecule has 1 aromatic carbocycles. The quantitative estimate of drug-likeness (QED) is 0.530. The number of urea groups is 1. The molecule has 4 amide bonds. The second-order valence-electron chi connectivity index (χ2n) is 8.48. The predicted octanol–water partition coefficient (Wildman–Crippen LogP) is 3.70. The zero-order valence-electron chi connectivity index (χ0n) is 17.6. The van der Waals surface area contributed by atoms with Gasteiger partial charge in [-0.2, -0.15) is 0 Å². The Morgan fingerprint density at radius 3 is 2.65 bits per heavy atom. The molecule has 0 saturated carbocycles. The standard InChI is InChI=1S/C23H25N3O4S/c1-14(2)12-20(28)24-16-7-5-15(6-8-16)18(27)13-26-21(29)23(25-22(26)30)10-3-4-19-17(23)9-11-31-19/h5-9,11,14H,3-4,10,12-13H2,1-2H3,(H,24,28)(H,25,30). The molecule has 1 atom stereocenters. The molecule has 1 aromatic heterocycles. The van der Waals surface area contributed by atoms with Gasteiger partial charge in [-0.3, -0.25) is 19.3 Å². The second-order valence-corrected chi connectivity index (χ2v) is 9.49. The smallest absolute Gasteiger partial charge is 0.325 e. The van der Waals surface area contributed by atoms with Crippen LogP contribution in [-0.4, -0.2) is 35.1 Å². The Morgan fingerprint density at radius 2 is 1.94 bits per heavy atom. The Morgan fingerprint density at radius 1 is 1.19 bits per heavy atom. The van der Waals surface area contributed by atoms with E-state index in [1.807, 2.05) is 25.3 Å². The molecule has 2 aliphatic rings. The number of Topliss-reactive ketones (excluding diaryl/α,β-unsaturated/α-hetero) is 1. The highest BCUT2D eigenvalue weighted by atomic mass is 32.1. The van der Waals surface area contributed by atoms with Crippen molar-refractivity contribution in [3.63, 3.8) is 0 Å². The lowest BCUT2D eigenvalue weighted by Gasteiger charge is -2.31. The molecule has 2 aromatic rings. The SMILES string of the molecule is CC(C)CC(=O)Nc1ccc(C(=O)CN2C(=O)NC3(CCCc4sccc43)C2=O)cc1. The molecule has 1 unspecified atom stereocenters. The molecule has 1 saturated heterocycles. The first-order valence-electron chi connectivity index (χ1n) is 10.4. The summed E-state index contributed by atoms with van der Waals surface area (Å²) < 4.78 is 0. The normalized spacial score (nSPS) is 20.2. The van der Waals surface area contributed by atoms with E-state index in [1.165, 1.54) is 0 Å². The van der Waals surface area contributed by atoms with Crippen molar-refractivity contribution in [1.29, 1.82) is 0 Å². The fourth-order valence-corrected chi connectivity index (χ4v) is 5.24. The predicted molar refractivity (Wildman–Crippen MR) is 118 cm³/mol. The highest BCUT2D eigenvalue weighted by molar-refractivity contribution is 7.10. The third-order valence-corrected chi connectivity index (χ3v) is 6.70. The summed E-state index contributed by atoms with van der Waals surface area (Å²) in [5.41, 5.74) is 0.792. The maximum atomic E-state index is 13.2. The molecular formula is C23H25N3O4S. The van der Waals surface area contributed by atoms with Crippen LogP contribution in [0, 0.1) is 5.92 Å². The average Bonchev–Trinajstić information content (AvgIpc) is 3.28. The van der Waals surface area contributed by atoms with Crippen molar-refractivity contribution in [1.82, 2.24) is 10.2 Å². The highest BCUT2D eigenvalue weighted by Gasteiger charge is 2.54. The fourth-order valence-electron chi connectivity index (χ4n) is 4.24. The van der Waals surface area contributed by atoms with Gasteiger partial charge in [-0.15, -0.1) is 11.3 Å². The number of hydrogen-bond donors (Lipinski definition) is 2. The Labute approximate surface area is 184 Å². The van der Waals surface area contributed by atoms with Crippen LogP contribution >= 0.6 is 11.3 Å². The van der Waals surface area contributed by atoms with E-state index in [9.17, 15) is 19.2 Å². The number of amides is 4. The lowest BCUT2D eigenvalue weighted by molar-refractivity contribution is -0.131. The molecule has 1 spiro atoms. The summed E-state index contributed by atoms with van der Waals surface area (Å²) in [4.78, 5) is 52.7. The molecule has 1 fully saturated rings. The summed E-state index contributed by atoms with van der Waals surface area (Å²) in [5.74, 6) is -0.522. The minimum absolute atomic E-state index is 0.0843. The first-order valence-corrected chi connectivity index (χ1v) is 11.3. The number of benzene rings is 1. The van der Waals surface area contributed by atoms with Crippen molar-refractivity contribution in [3.05, 3.63) is 51.7 Å². The number of imide groups is 1. The van der Waals surface area contributed by atoms with Crippen molar-refractivity contribution in [2.24, 2.45) is 5.92 Å². The number of ketones is 1. The zero-order valence-corrected chi connectivity index (χ0v) is 18.4. The van der Waals surface area contributed by atoms with Gasteiger partial charge in [-0.1, -0.05) is 13.8 Å². The number of hydrogen-bond acceptors (Lipinski definition) is 5. The maximum absolute atomic E-state index is 13.2. The summed E-state index contributed by atoms with van der Waals surface area (Å²) >= 11 is 1.59. The van der Waals surface area contributed by atoms with E-state index in [1.54, 1.807) is 35.6 Å². The third kappa shape index (κ3) is 3.99. The minimum Gasteiger partial charge on any atom is -0.326 e. The Hall–Kier alpha value is -3.00. The summed E-state index contributed by atoms with van der Waals surface area (Å²) in [5, 5.41) is 7.59. The monoisotopic (exact) mass is 439 g/mol. The van der Waals surface area contributed by atoms with E-state index in [-0.39, 0.29) is 30.1 Å². The third-order valence-electron chi connectivity index (χ3n) is 5.72. The van der Waals surface area contributed by atoms with Crippen molar-refractivity contribution >= 4 is 40.7 Å². The Bertz CT molecular complexity index is 1040. The van der Waals surface area contributed by atoms with Crippen LogP contribution in [0.1, 0.15) is 53.9 Å². The lowest BCUT2D eigenvalue weighted by atomic mass is 9.80. The number of fused-ring (bicyclic) bond motifs is 2. The van der Waals surface area contributed by atoms with Gasteiger partial charge in [-0.25, -0.2) is 4.79 Å². The molecule has 0 radical (unpaired) electrons. The van der Waals surface area contributed by atoms with Crippen LogP contribution in [0.5, 0.6) is 0 Å². The second kappa shape index (κ2) is 8.26. The van der Waals surface area contributed by atoms with Crippen LogP contribution in [-0.2, 0) is 21.5 Å². The summed E-state index contributed by atoms with van der Waals surface area (Å²) in [6, 6.07) is 7.86. The number of rotatable bonds is 6. The van der Waals surface area contributed by atoms with Crippen LogP contribution in [0.2, 0.25) is 0 Å². The fraction of sp³-hybridized carbons (Fsp3) is 0.391. The molecule has 8 heteroatoms. The van der Waals surface area contributed by atoms with Crippen molar-refractivity contribution in [3.8, 4) is 0 Å². The van der Waals surface area contributed by atoms with Crippen molar-refractivity contribution in [2.45, 2.75) is 45.1 Å². The number of nitrogens with zero attached hydrogens (tertiary/aromatic N) is 1. The minimum atomic E-state index is -1.05. The van der Waals surface area contributed by atoms with Gasteiger partial charge in [0.15, 0.2) is 5.78 Å². The molecule has 7 nitrogen and oxygen atoms in total. The van der Waals surface area contributed by atoms with E-state index in [0.29, 0.717) is 24.1 Å². The molecule has 1 aliphatic carbocycles. The van der Waals surface area contributed by atoms with E-state index < -0.39 is 11.6 Å². The summed E-state index contributed by atoms with van der Waals surface area (Å²) in [7, 11) is 0. The van der Waals surface area contributed by atoms with Crippen LogP contribution in [0.3, 0.4) is 0 Å². The summed E-state index contributed by atoms with van der Waals surface area (Å²) in [6.45, 7) is 3.62. The Balaban J connectivity index is 1.45.